The Bertz CT molecular complexity index is 591. The fourth-order valence-corrected chi connectivity index (χ4v) is 3.73. The molecule has 0 aromatic rings. The number of carbonyl (C=O) groups excluding carboxylic acids is 4. The molecule has 0 aliphatic carbocycles. The Kier molecular flexibility index (Phi) is 5.73. The Morgan fingerprint density at radius 1 is 0.958 bits per heavy atom. The summed E-state index contributed by atoms with van der Waals surface area (Å²) in [4.78, 5) is 47.2. The zero-order valence-electron chi connectivity index (χ0n) is 13.5. The van der Waals surface area contributed by atoms with Crippen LogP contribution in [0.25, 0.3) is 0 Å². The standard InChI is InChI=1S/C14H19BrO9/c1-6(16)12(20)10(5-23-9(4)19)24-11(15)13(21,7(2)17)14(12,22)8(3)18/h10-11,20-22H,5H2,1-4H3/t10-,11-,12-,13+,14+/m1/s1. The van der Waals surface area contributed by atoms with Crippen LogP contribution in [-0.4, -0.2) is 73.2 Å². The van der Waals surface area contributed by atoms with Gasteiger partial charge >= 0.3 is 5.97 Å². The smallest absolute Gasteiger partial charge is 0.302 e. The third kappa shape index (κ3) is 2.62. The van der Waals surface area contributed by atoms with Gasteiger partial charge in [-0.25, -0.2) is 0 Å². The lowest BCUT2D eigenvalue weighted by Crippen LogP contribution is -2.85. The molecule has 0 aromatic carbocycles. The van der Waals surface area contributed by atoms with Gasteiger partial charge in [-0.15, -0.1) is 0 Å². The van der Waals surface area contributed by atoms with E-state index in [0.717, 1.165) is 27.7 Å². The van der Waals surface area contributed by atoms with Crippen molar-refractivity contribution >= 4 is 39.2 Å². The minimum atomic E-state index is -3.23. The molecule has 10 heteroatoms. The van der Waals surface area contributed by atoms with Crippen LogP contribution in [0.2, 0.25) is 0 Å². The van der Waals surface area contributed by atoms with Crippen LogP contribution in [0, 0.1) is 0 Å². The van der Waals surface area contributed by atoms with Crippen LogP contribution in [-0.2, 0) is 28.7 Å². The van der Waals surface area contributed by atoms with Crippen LogP contribution in [0.15, 0.2) is 0 Å². The highest BCUT2D eigenvalue weighted by atomic mass is 79.9. The predicted octanol–water partition coefficient (Wildman–Crippen LogP) is -1.37. The molecule has 0 radical (unpaired) electrons. The molecule has 0 spiro atoms. The van der Waals surface area contributed by atoms with E-state index in [0.29, 0.717) is 0 Å². The number of carbonyl (C=O) groups is 4. The van der Waals surface area contributed by atoms with Crippen molar-refractivity contribution in [3.8, 4) is 0 Å². The Morgan fingerprint density at radius 2 is 1.42 bits per heavy atom. The molecular formula is C14H19BrO9. The lowest BCUT2D eigenvalue weighted by atomic mass is 9.62. The highest BCUT2D eigenvalue weighted by molar-refractivity contribution is 9.09. The molecule has 0 amide bonds. The number of hydrogen-bond donors (Lipinski definition) is 3. The number of Topliss-reactive ketones (excluding diaryl/α,β-unsaturated/α-hetero) is 3. The fraction of sp³-hybridized carbons (Fsp3) is 0.714. The highest BCUT2D eigenvalue weighted by Gasteiger charge is 2.77. The lowest BCUT2D eigenvalue weighted by Gasteiger charge is -2.56. The Hall–Kier alpha value is -1.20. The predicted molar refractivity (Wildman–Crippen MR) is 81.1 cm³/mol. The summed E-state index contributed by atoms with van der Waals surface area (Å²) in [6.45, 7) is 2.86. The number of halogens is 1. The average molecular weight is 411 g/mol. The first-order valence-corrected chi connectivity index (χ1v) is 7.82. The second-order valence-electron chi connectivity index (χ2n) is 5.66. The van der Waals surface area contributed by atoms with Crippen molar-refractivity contribution in [2.45, 2.75) is 55.6 Å². The number of ether oxygens (including phenoxy) is 2. The van der Waals surface area contributed by atoms with Crippen LogP contribution in [0.3, 0.4) is 0 Å². The molecule has 1 fully saturated rings. The fourth-order valence-electron chi connectivity index (χ4n) is 2.81. The minimum absolute atomic E-state index is 0.697. The second kappa shape index (κ2) is 6.60. The normalized spacial score (nSPS) is 39.2. The van der Waals surface area contributed by atoms with Gasteiger partial charge in [0, 0.05) is 6.92 Å². The number of hydrogen-bond acceptors (Lipinski definition) is 9. The minimum Gasteiger partial charge on any atom is -0.463 e. The van der Waals surface area contributed by atoms with Gasteiger partial charge in [-0.05, 0) is 20.8 Å². The lowest BCUT2D eigenvalue weighted by molar-refractivity contribution is -0.305. The monoisotopic (exact) mass is 410 g/mol. The van der Waals surface area contributed by atoms with Crippen LogP contribution in [0.1, 0.15) is 27.7 Å². The molecule has 1 heterocycles. The highest BCUT2D eigenvalue weighted by Crippen LogP contribution is 2.48. The largest absolute Gasteiger partial charge is 0.463 e. The van der Waals surface area contributed by atoms with Gasteiger partial charge in [0.25, 0.3) is 0 Å². The first-order chi connectivity index (χ1) is 10.8. The third-order valence-electron chi connectivity index (χ3n) is 4.20. The van der Waals surface area contributed by atoms with Crippen LogP contribution in [0.4, 0.5) is 0 Å². The second-order valence-corrected chi connectivity index (χ2v) is 6.49. The zero-order valence-corrected chi connectivity index (χ0v) is 15.1. The molecule has 0 aromatic heterocycles. The van der Waals surface area contributed by atoms with Crippen molar-refractivity contribution in [2.75, 3.05) is 6.61 Å². The molecule has 1 aliphatic heterocycles. The molecule has 1 saturated heterocycles. The van der Waals surface area contributed by atoms with Gasteiger partial charge in [-0.3, -0.25) is 19.2 Å². The number of alkyl halides is 1. The first-order valence-electron chi connectivity index (χ1n) is 6.91. The van der Waals surface area contributed by atoms with Crippen molar-refractivity contribution in [2.24, 2.45) is 0 Å². The van der Waals surface area contributed by atoms with Gasteiger partial charge in [-0.2, -0.15) is 0 Å². The summed E-state index contributed by atoms with van der Waals surface area (Å²) in [6.07, 6.45) is -1.71. The summed E-state index contributed by atoms with van der Waals surface area (Å²) in [5.74, 6) is -4.28. The summed E-state index contributed by atoms with van der Waals surface area (Å²) >= 11 is 2.84. The topological polar surface area (TPSA) is 147 Å². The number of ketones is 3. The van der Waals surface area contributed by atoms with E-state index in [-0.39, 0.29) is 0 Å². The maximum absolute atomic E-state index is 12.1. The van der Waals surface area contributed by atoms with Crippen LogP contribution < -0.4 is 0 Å². The summed E-state index contributed by atoms with van der Waals surface area (Å²) in [5, 5.41) is 30.8. The molecule has 1 aliphatic rings. The Balaban J connectivity index is 3.66. The van der Waals surface area contributed by atoms with Gasteiger partial charge < -0.3 is 24.8 Å². The van der Waals surface area contributed by atoms with Crippen molar-refractivity contribution in [3.05, 3.63) is 0 Å². The van der Waals surface area contributed by atoms with Crippen LogP contribution >= 0.6 is 15.9 Å². The first kappa shape index (κ1) is 20.8. The quantitative estimate of drug-likeness (QED) is 0.368. The van der Waals surface area contributed by atoms with E-state index in [1.54, 1.807) is 0 Å². The number of rotatable bonds is 5. The zero-order chi connectivity index (χ0) is 19.1. The van der Waals surface area contributed by atoms with Gasteiger partial charge in [0.1, 0.15) is 12.7 Å². The molecule has 24 heavy (non-hydrogen) atoms. The van der Waals surface area contributed by atoms with Gasteiger partial charge in [-0.1, -0.05) is 15.9 Å². The van der Waals surface area contributed by atoms with E-state index in [2.05, 4.69) is 15.9 Å². The van der Waals surface area contributed by atoms with Crippen molar-refractivity contribution in [1.29, 1.82) is 0 Å². The molecular weight excluding hydrogens is 392 g/mol. The maximum Gasteiger partial charge on any atom is 0.302 e. The summed E-state index contributed by atoms with van der Waals surface area (Å²) in [7, 11) is 0. The van der Waals surface area contributed by atoms with Crippen molar-refractivity contribution in [1.82, 2.24) is 0 Å². The van der Waals surface area contributed by atoms with Crippen molar-refractivity contribution in [3.63, 3.8) is 0 Å². The Labute approximate surface area is 146 Å². The summed E-state index contributed by atoms with van der Waals surface area (Å²) < 4.78 is 9.91. The summed E-state index contributed by atoms with van der Waals surface area (Å²) in [5.41, 5.74) is -9.21. The van der Waals surface area contributed by atoms with E-state index >= 15 is 0 Å². The van der Waals surface area contributed by atoms with Gasteiger partial charge in [0.05, 0.1) is 0 Å². The Morgan fingerprint density at radius 3 is 1.75 bits per heavy atom. The molecule has 3 N–H and O–H groups in total. The maximum atomic E-state index is 12.1. The SMILES string of the molecule is CC(=O)OC[C@H]1O[C@@H](Br)[C@@](O)(C(C)=O)[C@](O)(C(C)=O)[C@@]1(O)C(C)=O. The third-order valence-corrected chi connectivity index (χ3v) is 5.08. The van der Waals surface area contributed by atoms with Gasteiger partial charge in [0.15, 0.2) is 33.6 Å². The molecule has 1 rings (SSSR count). The molecule has 136 valence electrons. The van der Waals surface area contributed by atoms with E-state index in [1.807, 2.05) is 0 Å². The van der Waals surface area contributed by atoms with Crippen LogP contribution in [0.5, 0.6) is 0 Å². The molecule has 5 atom stereocenters. The number of aliphatic hydroxyl groups is 3. The average Bonchev–Trinajstić information content (AvgIpc) is 2.46. The summed E-state index contributed by atoms with van der Waals surface area (Å²) in [6, 6.07) is 0. The molecule has 0 unspecified atom stereocenters. The van der Waals surface area contributed by atoms with E-state index in [9.17, 15) is 34.5 Å². The molecule has 0 bridgehead atoms. The number of esters is 1. The molecule has 9 nitrogen and oxygen atoms in total. The van der Waals surface area contributed by atoms with E-state index in [1.165, 1.54) is 0 Å². The van der Waals surface area contributed by atoms with Crippen molar-refractivity contribution < 1.29 is 44.0 Å². The van der Waals surface area contributed by atoms with E-state index < -0.39 is 57.8 Å². The molecule has 0 saturated carbocycles. The van der Waals surface area contributed by atoms with E-state index in [4.69, 9.17) is 9.47 Å². The van der Waals surface area contributed by atoms with Gasteiger partial charge in [0.2, 0.25) is 5.60 Å².